The third-order valence-corrected chi connectivity index (χ3v) is 5.22. The molecular weight excluding hydrogens is 452 g/mol. The molecule has 1 atom stereocenters. The van der Waals surface area contributed by atoms with Gasteiger partial charge in [-0.05, 0) is 61.9 Å². The fourth-order valence-electron chi connectivity index (χ4n) is 3.21. The van der Waals surface area contributed by atoms with Crippen molar-refractivity contribution in [1.29, 1.82) is 0 Å². The van der Waals surface area contributed by atoms with Gasteiger partial charge in [0, 0.05) is 28.8 Å². The Kier molecular flexibility index (Phi) is 7.10. The van der Waals surface area contributed by atoms with E-state index in [9.17, 15) is 14.4 Å². The maximum Gasteiger partial charge on any atom is 0.311 e. The molecule has 0 aromatic heterocycles. The van der Waals surface area contributed by atoms with E-state index in [1.54, 1.807) is 35.2 Å². The Morgan fingerprint density at radius 1 is 1.20 bits per heavy atom. The Bertz CT molecular complexity index is 945. The number of hydrogen-bond donors (Lipinski definition) is 1. The second kappa shape index (κ2) is 9.75. The van der Waals surface area contributed by atoms with Crippen LogP contribution in [0.25, 0.3) is 0 Å². The first kappa shape index (κ1) is 21.8. The molecule has 2 amide bonds. The number of aryl methyl sites for hydroxylation is 1. The van der Waals surface area contributed by atoms with Gasteiger partial charge in [0.2, 0.25) is 5.91 Å². The van der Waals surface area contributed by atoms with Gasteiger partial charge in [-0.3, -0.25) is 14.4 Å². The van der Waals surface area contributed by atoms with Crippen LogP contribution in [0.4, 0.5) is 11.4 Å². The maximum atomic E-state index is 12.4. The highest BCUT2D eigenvalue weighted by Gasteiger charge is 2.36. The molecular formula is C22H23BrN2O5. The van der Waals surface area contributed by atoms with Crippen LogP contribution in [0, 0.1) is 12.8 Å². The van der Waals surface area contributed by atoms with Crippen LogP contribution in [-0.2, 0) is 19.1 Å². The lowest BCUT2D eigenvalue weighted by Crippen LogP contribution is -2.28. The average Bonchev–Trinajstić information content (AvgIpc) is 3.11. The number of nitrogens with one attached hydrogen (secondary N) is 1. The van der Waals surface area contributed by atoms with Crippen LogP contribution in [-0.4, -0.2) is 37.5 Å². The molecule has 0 aliphatic carbocycles. The van der Waals surface area contributed by atoms with Crippen molar-refractivity contribution in [3.63, 3.8) is 0 Å². The average molecular weight is 475 g/mol. The van der Waals surface area contributed by atoms with Gasteiger partial charge in [-0.15, -0.1) is 0 Å². The van der Waals surface area contributed by atoms with Gasteiger partial charge in [0.1, 0.15) is 5.75 Å². The van der Waals surface area contributed by atoms with E-state index in [-0.39, 0.29) is 18.9 Å². The van der Waals surface area contributed by atoms with Crippen molar-refractivity contribution >= 4 is 45.1 Å². The van der Waals surface area contributed by atoms with Gasteiger partial charge < -0.3 is 19.7 Å². The van der Waals surface area contributed by atoms with Gasteiger partial charge in [-0.1, -0.05) is 15.9 Å². The molecule has 0 spiro atoms. The summed E-state index contributed by atoms with van der Waals surface area (Å²) in [6.07, 6.45) is 0.0550. The number of benzene rings is 2. The van der Waals surface area contributed by atoms with Gasteiger partial charge in [0.05, 0.1) is 12.5 Å². The minimum atomic E-state index is -0.605. The first-order chi connectivity index (χ1) is 14.4. The zero-order valence-electron chi connectivity index (χ0n) is 16.8. The highest BCUT2D eigenvalue weighted by Crippen LogP contribution is 2.27. The summed E-state index contributed by atoms with van der Waals surface area (Å²) in [6, 6.07) is 12.6. The van der Waals surface area contributed by atoms with Crippen molar-refractivity contribution in [2.45, 2.75) is 20.3 Å². The number of hydrogen-bond acceptors (Lipinski definition) is 5. The third-order valence-electron chi connectivity index (χ3n) is 4.73. The van der Waals surface area contributed by atoms with E-state index in [2.05, 4.69) is 21.2 Å². The van der Waals surface area contributed by atoms with Gasteiger partial charge in [-0.25, -0.2) is 0 Å². The zero-order chi connectivity index (χ0) is 21.7. The zero-order valence-corrected chi connectivity index (χ0v) is 18.4. The number of carbonyl (C=O) groups excluding carboxylic acids is 3. The molecule has 0 radical (unpaired) electrons. The summed E-state index contributed by atoms with van der Waals surface area (Å²) in [7, 11) is 0. The van der Waals surface area contributed by atoms with Crippen LogP contribution in [0.2, 0.25) is 0 Å². The monoisotopic (exact) mass is 474 g/mol. The molecule has 8 heteroatoms. The number of halogens is 1. The number of anilines is 2. The molecule has 0 bridgehead atoms. The first-order valence-electron chi connectivity index (χ1n) is 9.63. The SMILES string of the molecule is CCOc1ccc(N2C[C@H](C(=O)OCC(=O)Nc3ccc(Br)cc3C)CC2=O)cc1. The molecule has 2 aromatic carbocycles. The molecule has 7 nitrogen and oxygen atoms in total. The predicted octanol–water partition coefficient (Wildman–Crippen LogP) is 3.69. The molecule has 3 rings (SSSR count). The predicted molar refractivity (Wildman–Crippen MR) is 117 cm³/mol. The normalized spacial score (nSPS) is 15.8. The fraction of sp³-hybridized carbons (Fsp3) is 0.318. The maximum absolute atomic E-state index is 12.4. The Hall–Kier alpha value is -2.87. The summed E-state index contributed by atoms with van der Waals surface area (Å²) in [4.78, 5) is 38.4. The van der Waals surface area contributed by atoms with Crippen LogP contribution >= 0.6 is 15.9 Å². The van der Waals surface area contributed by atoms with Gasteiger partial charge in [0.25, 0.3) is 5.91 Å². The first-order valence-corrected chi connectivity index (χ1v) is 10.4. The smallest absolute Gasteiger partial charge is 0.311 e. The number of ether oxygens (including phenoxy) is 2. The standard InChI is InChI=1S/C22H23BrN2O5/c1-3-29-18-7-5-17(6-8-18)25-12-15(11-21(25)27)22(28)30-13-20(26)24-19-9-4-16(23)10-14(19)2/h4-10,15H,3,11-13H2,1-2H3,(H,24,26)/t15-/m1/s1. The van der Waals surface area contributed by atoms with Crippen LogP contribution in [0.3, 0.4) is 0 Å². The largest absolute Gasteiger partial charge is 0.494 e. The highest BCUT2D eigenvalue weighted by atomic mass is 79.9. The third kappa shape index (κ3) is 5.38. The lowest BCUT2D eigenvalue weighted by Gasteiger charge is -2.17. The molecule has 1 fully saturated rings. The summed E-state index contributed by atoms with van der Waals surface area (Å²) >= 11 is 3.37. The number of esters is 1. The van der Waals surface area contributed by atoms with Crippen molar-refractivity contribution in [1.82, 2.24) is 0 Å². The minimum absolute atomic E-state index is 0.0550. The van der Waals surface area contributed by atoms with Gasteiger partial charge in [-0.2, -0.15) is 0 Å². The van der Waals surface area contributed by atoms with E-state index < -0.39 is 24.4 Å². The summed E-state index contributed by atoms with van der Waals surface area (Å²) in [5.74, 6) is -1.03. The summed E-state index contributed by atoms with van der Waals surface area (Å²) in [5, 5.41) is 2.72. The van der Waals surface area contributed by atoms with Crippen molar-refractivity contribution in [3.05, 3.63) is 52.5 Å². The molecule has 30 heavy (non-hydrogen) atoms. The molecule has 1 heterocycles. The van der Waals surface area contributed by atoms with E-state index in [4.69, 9.17) is 9.47 Å². The van der Waals surface area contributed by atoms with E-state index >= 15 is 0 Å². The molecule has 0 saturated carbocycles. The molecule has 158 valence electrons. The summed E-state index contributed by atoms with van der Waals surface area (Å²) in [6.45, 7) is 4.15. The molecule has 2 aromatic rings. The van der Waals surface area contributed by atoms with Crippen molar-refractivity contribution in [2.24, 2.45) is 5.92 Å². The van der Waals surface area contributed by atoms with Crippen LogP contribution in [0.5, 0.6) is 5.75 Å². The minimum Gasteiger partial charge on any atom is -0.494 e. The van der Waals surface area contributed by atoms with Crippen LogP contribution in [0.1, 0.15) is 18.9 Å². The van der Waals surface area contributed by atoms with E-state index in [0.717, 1.165) is 15.8 Å². The van der Waals surface area contributed by atoms with Crippen LogP contribution in [0.15, 0.2) is 46.9 Å². The number of nitrogens with zero attached hydrogens (tertiary/aromatic N) is 1. The molecule has 1 aliphatic heterocycles. The number of amides is 2. The Balaban J connectivity index is 1.52. The van der Waals surface area contributed by atoms with E-state index in [1.165, 1.54) is 0 Å². The van der Waals surface area contributed by atoms with Crippen molar-refractivity contribution in [3.8, 4) is 5.75 Å². The Morgan fingerprint density at radius 3 is 2.60 bits per heavy atom. The van der Waals surface area contributed by atoms with Gasteiger partial charge >= 0.3 is 5.97 Å². The van der Waals surface area contributed by atoms with Crippen molar-refractivity contribution < 1.29 is 23.9 Å². The highest BCUT2D eigenvalue weighted by molar-refractivity contribution is 9.10. The Labute approximate surface area is 183 Å². The fourth-order valence-corrected chi connectivity index (χ4v) is 3.69. The lowest BCUT2D eigenvalue weighted by atomic mass is 10.1. The second-order valence-corrected chi connectivity index (χ2v) is 7.86. The second-order valence-electron chi connectivity index (χ2n) is 6.95. The molecule has 1 saturated heterocycles. The molecule has 0 unspecified atom stereocenters. The topological polar surface area (TPSA) is 84.9 Å². The molecule has 1 N–H and O–H groups in total. The Morgan fingerprint density at radius 2 is 1.93 bits per heavy atom. The van der Waals surface area contributed by atoms with Gasteiger partial charge in [0.15, 0.2) is 6.61 Å². The number of carbonyl (C=O) groups is 3. The summed E-state index contributed by atoms with van der Waals surface area (Å²) < 4.78 is 11.5. The number of rotatable bonds is 7. The quantitative estimate of drug-likeness (QED) is 0.618. The summed E-state index contributed by atoms with van der Waals surface area (Å²) in [5.41, 5.74) is 2.23. The molecule has 1 aliphatic rings. The lowest BCUT2D eigenvalue weighted by molar-refractivity contribution is -0.151. The van der Waals surface area contributed by atoms with E-state index in [1.807, 2.05) is 26.0 Å². The van der Waals surface area contributed by atoms with Crippen molar-refractivity contribution in [2.75, 3.05) is 30.0 Å². The van der Waals surface area contributed by atoms with Crippen LogP contribution < -0.4 is 15.0 Å². The van der Waals surface area contributed by atoms with E-state index in [0.29, 0.717) is 18.0 Å².